The molecule has 1 aliphatic rings. The van der Waals surface area contributed by atoms with Crippen LogP contribution in [0.1, 0.15) is 32.6 Å². The van der Waals surface area contributed by atoms with Crippen LogP contribution in [0, 0.1) is 0 Å². The average Bonchev–Trinajstić information content (AvgIpc) is 3.01. The number of carbonyl (C=O) groups is 1. The number of methoxy groups -OCH3 is 1. The van der Waals surface area contributed by atoms with Gasteiger partial charge in [0.2, 0.25) is 0 Å². The molecule has 0 bridgehead atoms. The first-order chi connectivity index (χ1) is 6.77. The molecule has 0 radical (unpaired) electrons. The van der Waals surface area contributed by atoms with Crippen LogP contribution >= 0.6 is 0 Å². The molecule has 0 heterocycles. The minimum Gasteiger partial charge on any atom is -0.466 e. The molecular formula is C11H19NO2. The molecule has 0 amide bonds. The van der Waals surface area contributed by atoms with E-state index in [1.54, 1.807) is 0 Å². The Balaban J connectivity index is 2.34. The molecule has 3 heteroatoms. The van der Waals surface area contributed by atoms with Gasteiger partial charge in [0.15, 0.2) is 0 Å². The van der Waals surface area contributed by atoms with Crippen molar-refractivity contribution in [3.8, 4) is 0 Å². The van der Waals surface area contributed by atoms with Crippen molar-refractivity contribution in [1.82, 2.24) is 4.90 Å². The number of hydrogen-bond donors (Lipinski definition) is 0. The van der Waals surface area contributed by atoms with Gasteiger partial charge in [-0.05, 0) is 19.3 Å². The maximum atomic E-state index is 10.9. The topological polar surface area (TPSA) is 29.5 Å². The molecule has 1 rings (SSSR count). The Kier molecular flexibility index (Phi) is 4.50. The summed E-state index contributed by atoms with van der Waals surface area (Å²) >= 11 is 0. The molecule has 1 fully saturated rings. The van der Waals surface area contributed by atoms with Crippen molar-refractivity contribution >= 4 is 5.97 Å². The molecule has 0 spiro atoms. The van der Waals surface area contributed by atoms with Crippen LogP contribution in [0.15, 0.2) is 12.3 Å². The molecule has 1 saturated carbocycles. The van der Waals surface area contributed by atoms with Crippen LogP contribution in [0.3, 0.4) is 0 Å². The maximum absolute atomic E-state index is 10.9. The van der Waals surface area contributed by atoms with Crippen LogP contribution in [0.25, 0.3) is 0 Å². The Bertz CT molecular complexity index is 209. The zero-order valence-electron chi connectivity index (χ0n) is 9.03. The highest BCUT2D eigenvalue weighted by Gasteiger charge is 2.26. The Hall–Kier alpha value is -0.990. The standard InChI is InChI=1S/C11H19NO2/c1-3-4-8-12(10-5-6-10)9-7-11(13)14-2/h7,9-10H,3-6,8H2,1-2H3. The average molecular weight is 197 g/mol. The van der Waals surface area contributed by atoms with Gasteiger partial charge in [-0.1, -0.05) is 13.3 Å². The zero-order valence-corrected chi connectivity index (χ0v) is 9.03. The Morgan fingerprint density at radius 3 is 2.79 bits per heavy atom. The lowest BCUT2D eigenvalue weighted by atomic mass is 10.3. The van der Waals surface area contributed by atoms with Crippen molar-refractivity contribution in [3.63, 3.8) is 0 Å². The lowest BCUT2D eigenvalue weighted by Crippen LogP contribution is -2.21. The van der Waals surface area contributed by atoms with Crippen molar-refractivity contribution < 1.29 is 9.53 Å². The Morgan fingerprint density at radius 1 is 1.57 bits per heavy atom. The number of unbranched alkanes of at least 4 members (excludes halogenated alkanes) is 1. The quantitative estimate of drug-likeness (QED) is 0.481. The molecule has 0 N–H and O–H groups in total. The minimum absolute atomic E-state index is 0.271. The maximum Gasteiger partial charge on any atom is 0.331 e. The van der Waals surface area contributed by atoms with E-state index in [0.717, 1.165) is 6.54 Å². The predicted molar refractivity (Wildman–Crippen MR) is 55.8 cm³/mol. The lowest BCUT2D eigenvalue weighted by Gasteiger charge is -2.18. The summed E-state index contributed by atoms with van der Waals surface area (Å²) in [4.78, 5) is 13.1. The van der Waals surface area contributed by atoms with Crippen molar-refractivity contribution in [2.45, 2.75) is 38.6 Å². The molecule has 1 aliphatic carbocycles. The number of carbonyl (C=O) groups excluding carboxylic acids is 1. The first-order valence-corrected chi connectivity index (χ1v) is 5.29. The fraction of sp³-hybridized carbons (Fsp3) is 0.727. The minimum atomic E-state index is -0.271. The third kappa shape index (κ3) is 3.81. The van der Waals surface area contributed by atoms with E-state index >= 15 is 0 Å². The summed E-state index contributed by atoms with van der Waals surface area (Å²) in [5.74, 6) is -0.271. The highest BCUT2D eigenvalue weighted by atomic mass is 16.5. The Labute approximate surface area is 85.7 Å². The van der Waals surface area contributed by atoms with Gasteiger partial charge >= 0.3 is 5.97 Å². The molecule has 3 nitrogen and oxygen atoms in total. The molecule has 80 valence electrons. The molecule has 14 heavy (non-hydrogen) atoms. The van der Waals surface area contributed by atoms with E-state index in [1.165, 1.54) is 38.9 Å². The van der Waals surface area contributed by atoms with Gasteiger partial charge in [-0.15, -0.1) is 0 Å². The largest absolute Gasteiger partial charge is 0.466 e. The summed E-state index contributed by atoms with van der Waals surface area (Å²) in [5.41, 5.74) is 0. The number of hydrogen-bond acceptors (Lipinski definition) is 3. The summed E-state index contributed by atoms with van der Waals surface area (Å²) in [6.07, 6.45) is 8.27. The summed E-state index contributed by atoms with van der Waals surface area (Å²) in [5, 5.41) is 0. The molecule has 0 atom stereocenters. The van der Waals surface area contributed by atoms with E-state index in [1.807, 2.05) is 6.20 Å². The van der Waals surface area contributed by atoms with E-state index in [4.69, 9.17) is 0 Å². The number of ether oxygens (including phenoxy) is 1. The van der Waals surface area contributed by atoms with Crippen molar-refractivity contribution in [2.24, 2.45) is 0 Å². The fourth-order valence-corrected chi connectivity index (χ4v) is 1.35. The molecule has 0 aromatic carbocycles. The number of esters is 1. The van der Waals surface area contributed by atoms with Crippen molar-refractivity contribution in [3.05, 3.63) is 12.3 Å². The van der Waals surface area contributed by atoms with Crippen LogP contribution in [-0.4, -0.2) is 30.6 Å². The highest BCUT2D eigenvalue weighted by Crippen LogP contribution is 2.27. The van der Waals surface area contributed by atoms with Crippen LogP contribution in [0.4, 0.5) is 0 Å². The zero-order chi connectivity index (χ0) is 10.4. The third-order valence-electron chi connectivity index (χ3n) is 2.39. The van der Waals surface area contributed by atoms with Crippen molar-refractivity contribution in [2.75, 3.05) is 13.7 Å². The molecule has 0 saturated heterocycles. The van der Waals surface area contributed by atoms with E-state index in [-0.39, 0.29) is 5.97 Å². The predicted octanol–water partition coefficient (Wildman–Crippen LogP) is 1.94. The fourth-order valence-electron chi connectivity index (χ4n) is 1.35. The van der Waals surface area contributed by atoms with Gasteiger partial charge in [0.1, 0.15) is 0 Å². The summed E-state index contributed by atoms with van der Waals surface area (Å²) < 4.78 is 4.55. The Morgan fingerprint density at radius 2 is 2.29 bits per heavy atom. The van der Waals surface area contributed by atoms with Crippen LogP contribution in [0.2, 0.25) is 0 Å². The molecule has 0 unspecified atom stereocenters. The normalized spacial score (nSPS) is 15.9. The van der Waals surface area contributed by atoms with Gasteiger partial charge < -0.3 is 9.64 Å². The number of nitrogens with zero attached hydrogens (tertiary/aromatic N) is 1. The first kappa shape index (κ1) is 11.1. The van der Waals surface area contributed by atoms with Gasteiger partial charge in [0.25, 0.3) is 0 Å². The smallest absolute Gasteiger partial charge is 0.331 e. The van der Waals surface area contributed by atoms with Crippen molar-refractivity contribution in [1.29, 1.82) is 0 Å². The van der Waals surface area contributed by atoms with Crippen LogP contribution < -0.4 is 0 Å². The molecular weight excluding hydrogens is 178 g/mol. The van der Waals surface area contributed by atoms with Crippen LogP contribution in [-0.2, 0) is 9.53 Å². The summed E-state index contributed by atoms with van der Waals surface area (Å²) in [7, 11) is 1.40. The summed E-state index contributed by atoms with van der Waals surface area (Å²) in [6.45, 7) is 3.23. The molecule has 0 aromatic heterocycles. The SMILES string of the molecule is CCCCN(C=CC(=O)OC)C1CC1. The number of rotatable bonds is 6. The second-order valence-electron chi connectivity index (χ2n) is 3.66. The third-order valence-corrected chi connectivity index (χ3v) is 2.39. The lowest BCUT2D eigenvalue weighted by molar-refractivity contribution is -0.134. The molecule has 0 aromatic rings. The van der Waals surface area contributed by atoms with Crippen LogP contribution in [0.5, 0.6) is 0 Å². The highest BCUT2D eigenvalue weighted by molar-refractivity contribution is 5.81. The van der Waals surface area contributed by atoms with E-state index < -0.39 is 0 Å². The van der Waals surface area contributed by atoms with Gasteiger partial charge in [-0.25, -0.2) is 4.79 Å². The molecule has 0 aliphatic heterocycles. The van der Waals surface area contributed by atoms with Gasteiger partial charge in [-0.2, -0.15) is 0 Å². The summed E-state index contributed by atoms with van der Waals surface area (Å²) in [6, 6.07) is 0.669. The monoisotopic (exact) mass is 197 g/mol. The van der Waals surface area contributed by atoms with E-state index in [2.05, 4.69) is 16.6 Å². The first-order valence-electron chi connectivity index (χ1n) is 5.29. The second-order valence-corrected chi connectivity index (χ2v) is 3.66. The second kappa shape index (κ2) is 5.68. The van der Waals surface area contributed by atoms with E-state index in [9.17, 15) is 4.79 Å². The van der Waals surface area contributed by atoms with E-state index in [0.29, 0.717) is 6.04 Å². The van der Waals surface area contributed by atoms with Gasteiger partial charge in [0, 0.05) is 24.9 Å². The van der Waals surface area contributed by atoms with Gasteiger partial charge in [-0.3, -0.25) is 0 Å². The van der Waals surface area contributed by atoms with Gasteiger partial charge in [0.05, 0.1) is 7.11 Å².